The van der Waals surface area contributed by atoms with E-state index in [1.54, 1.807) is 20.3 Å². The second kappa shape index (κ2) is 5.15. The fourth-order valence-corrected chi connectivity index (χ4v) is 2.71. The zero-order chi connectivity index (χ0) is 12.4. The maximum absolute atomic E-state index is 10.2. The number of rotatable bonds is 2. The van der Waals surface area contributed by atoms with E-state index in [4.69, 9.17) is 21.1 Å². The predicted molar refractivity (Wildman–Crippen MR) is 67.1 cm³/mol. The highest BCUT2D eigenvalue weighted by Crippen LogP contribution is 2.44. The van der Waals surface area contributed by atoms with E-state index in [0.717, 1.165) is 36.8 Å². The molecule has 3 nitrogen and oxygen atoms in total. The zero-order valence-electron chi connectivity index (χ0n) is 10.1. The summed E-state index contributed by atoms with van der Waals surface area (Å²) in [6.45, 7) is 0. The standard InChI is InChI=1S/C13H17ClO3/c1-16-11-7-9(14)8-5-3-4-6-10(15)12(8)13(11)17-2/h7,10,15H,3-6H2,1-2H3/t10-/m1/s1. The molecular formula is C13H17ClO3. The van der Waals surface area contributed by atoms with Crippen LogP contribution in [0.25, 0.3) is 0 Å². The van der Waals surface area contributed by atoms with Gasteiger partial charge >= 0.3 is 0 Å². The SMILES string of the molecule is COc1cc(Cl)c2c(c1OC)[C@H](O)CCCC2. The van der Waals surface area contributed by atoms with Crippen LogP contribution in [0.2, 0.25) is 5.02 Å². The molecule has 1 aliphatic carbocycles. The Labute approximate surface area is 106 Å². The van der Waals surface area contributed by atoms with Crippen LogP contribution in [0.3, 0.4) is 0 Å². The van der Waals surface area contributed by atoms with Gasteiger partial charge in [-0.2, -0.15) is 0 Å². The van der Waals surface area contributed by atoms with E-state index in [0.29, 0.717) is 16.5 Å². The van der Waals surface area contributed by atoms with Crippen LogP contribution in [0.1, 0.15) is 36.5 Å². The van der Waals surface area contributed by atoms with Crippen molar-refractivity contribution < 1.29 is 14.6 Å². The lowest BCUT2D eigenvalue weighted by Crippen LogP contribution is -2.05. The number of methoxy groups -OCH3 is 2. The van der Waals surface area contributed by atoms with Crippen LogP contribution in [0, 0.1) is 0 Å². The zero-order valence-corrected chi connectivity index (χ0v) is 10.9. The topological polar surface area (TPSA) is 38.7 Å². The second-order valence-electron chi connectivity index (χ2n) is 4.25. The van der Waals surface area contributed by atoms with Gasteiger partial charge in [-0.15, -0.1) is 0 Å². The lowest BCUT2D eigenvalue weighted by atomic mass is 9.99. The van der Waals surface area contributed by atoms with Gasteiger partial charge in [0.2, 0.25) is 0 Å². The lowest BCUT2D eigenvalue weighted by molar-refractivity contribution is 0.161. The summed E-state index contributed by atoms with van der Waals surface area (Å²) in [4.78, 5) is 0. The fourth-order valence-electron chi connectivity index (χ4n) is 2.42. The van der Waals surface area contributed by atoms with Gasteiger partial charge in [0.25, 0.3) is 0 Å². The molecule has 1 aromatic carbocycles. The number of aliphatic hydroxyl groups is 1. The smallest absolute Gasteiger partial charge is 0.166 e. The van der Waals surface area contributed by atoms with Crippen molar-refractivity contribution in [2.45, 2.75) is 31.8 Å². The Morgan fingerprint density at radius 2 is 2.06 bits per heavy atom. The molecule has 0 spiro atoms. The minimum atomic E-state index is -0.518. The maximum atomic E-state index is 10.2. The number of aliphatic hydroxyl groups excluding tert-OH is 1. The molecule has 94 valence electrons. The van der Waals surface area contributed by atoms with Gasteiger partial charge in [-0.1, -0.05) is 18.0 Å². The summed E-state index contributed by atoms with van der Waals surface area (Å²) in [5.74, 6) is 1.19. The third-order valence-corrected chi connectivity index (χ3v) is 3.59. The highest BCUT2D eigenvalue weighted by molar-refractivity contribution is 6.31. The van der Waals surface area contributed by atoms with Gasteiger partial charge in [0.05, 0.1) is 20.3 Å². The van der Waals surface area contributed by atoms with Crippen LogP contribution in [0.5, 0.6) is 11.5 Å². The fraction of sp³-hybridized carbons (Fsp3) is 0.538. The van der Waals surface area contributed by atoms with Crippen molar-refractivity contribution in [1.29, 1.82) is 0 Å². The van der Waals surface area contributed by atoms with Crippen molar-refractivity contribution in [1.82, 2.24) is 0 Å². The van der Waals surface area contributed by atoms with Gasteiger partial charge in [0.15, 0.2) is 11.5 Å². The molecule has 0 aromatic heterocycles. The molecule has 1 aliphatic rings. The average Bonchev–Trinajstić information content (AvgIpc) is 2.52. The van der Waals surface area contributed by atoms with Gasteiger partial charge < -0.3 is 14.6 Å². The first-order chi connectivity index (χ1) is 8.19. The molecule has 0 heterocycles. The summed E-state index contributed by atoms with van der Waals surface area (Å²) in [5.41, 5.74) is 1.80. The normalized spacial score (nSPS) is 19.4. The Morgan fingerprint density at radius 1 is 1.29 bits per heavy atom. The van der Waals surface area contributed by atoms with Crippen LogP contribution < -0.4 is 9.47 Å². The van der Waals surface area contributed by atoms with Crippen LogP contribution in [-0.2, 0) is 6.42 Å². The van der Waals surface area contributed by atoms with Crippen molar-refractivity contribution >= 4 is 11.6 Å². The highest BCUT2D eigenvalue weighted by atomic mass is 35.5. The Hall–Kier alpha value is -0.930. The molecule has 0 amide bonds. The third-order valence-electron chi connectivity index (χ3n) is 3.25. The molecule has 0 bridgehead atoms. The number of hydrogen-bond acceptors (Lipinski definition) is 3. The minimum Gasteiger partial charge on any atom is -0.493 e. The van der Waals surface area contributed by atoms with Gasteiger partial charge in [-0.25, -0.2) is 0 Å². The van der Waals surface area contributed by atoms with E-state index in [9.17, 15) is 5.11 Å². The predicted octanol–water partition coefficient (Wildman–Crippen LogP) is 3.12. The molecule has 0 unspecified atom stereocenters. The maximum Gasteiger partial charge on any atom is 0.166 e. The third kappa shape index (κ3) is 2.22. The summed E-state index contributed by atoms with van der Waals surface area (Å²) in [6.07, 6.45) is 3.14. The number of hydrogen-bond donors (Lipinski definition) is 1. The lowest BCUT2D eigenvalue weighted by Gasteiger charge is -2.19. The van der Waals surface area contributed by atoms with E-state index in [1.165, 1.54) is 0 Å². The second-order valence-corrected chi connectivity index (χ2v) is 4.65. The van der Waals surface area contributed by atoms with E-state index in [2.05, 4.69) is 0 Å². The molecule has 1 aromatic rings. The quantitative estimate of drug-likeness (QED) is 0.827. The highest BCUT2D eigenvalue weighted by Gasteiger charge is 2.25. The molecule has 2 rings (SSSR count). The largest absolute Gasteiger partial charge is 0.493 e. The Balaban J connectivity index is 2.64. The van der Waals surface area contributed by atoms with Crippen molar-refractivity contribution in [2.75, 3.05) is 14.2 Å². The van der Waals surface area contributed by atoms with Gasteiger partial charge in [-0.3, -0.25) is 0 Å². The van der Waals surface area contributed by atoms with Gasteiger partial charge in [0, 0.05) is 16.7 Å². The summed E-state index contributed by atoms with van der Waals surface area (Å²) < 4.78 is 10.6. The Bertz CT molecular complexity index is 418. The Kier molecular flexibility index (Phi) is 3.79. The first-order valence-corrected chi connectivity index (χ1v) is 6.18. The van der Waals surface area contributed by atoms with Crippen LogP contribution in [0.4, 0.5) is 0 Å². The molecule has 1 atom stereocenters. The number of ether oxygens (including phenoxy) is 2. The summed E-state index contributed by atoms with van der Waals surface area (Å²) in [5, 5.41) is 10.9. The van der Waals surface area contributed by atoms with E-state index in [-0.39, 0.29) is 0 Å². The first kappa shape index (κ1) is 12.5. The summed E-state index contributed by atoms with van der Waals surface area (Å²) in [7, 11) is 3.16. The summed E-state index contributed by atoms with van der Waals surface area (Å²) >= 11 is 6.25. The molecule has 0 fully saturated rings. The first-order valence-electron chi connectivity index (χ1n) is 5.80. The molecule has 1 N–H and O–H groups in total. The number of halogens is 1. The molecule has 0 aliphatic heterocycles. The van der Waals surface area contributed by atoms with Gasteiger partial charge in [-0.05, 0) is 24.8 Å². The van der Waals surface area contributed by atoms with Gasteiger partial charge in [0.1, 0.15) is 0 Å². The van der Waals surface area contributed by atoms with Crippen LogP contribution >= 0.6 is 11.6 Å². The number of fused-ring (bicyclic) bond motifs is 1. The van der Waals surface area contributed by atoms with Crippen molar-refractivity contribution in [3.8, 4) is 11.5 Å². The average molecular weight is 257 g/mol. The van der Waals surface area contributed by atoms with Crippen molar-refractivity contribution in [3.63, 3.8) is 0 Å². The monoisotopic (exact) mass is 256 g/mol. The van der Waals surface area contributed by atoms with Crippen molar-refractivity contribution in [3.05, 3.63) is 22.2 Å². The molecule has 0 saturated heterocycles. The van der Waals surface area contributed by atoms with E-state index in [1.807, 2.05) is 0 Å². The molecule has 17 heavy (non-hydrogen) atoms. The van der Waals surface area contributed by atoms with Crippen molar-refractivity contribution in [2.24, 2.45) is 0 Å². The molecular weight excluding hydrogens is 240 g/mol. The molecule has 4 heteroatoms. The van der Waals surface area contributed by atoms with E-state index >= 15 is 0 Å². The van der Waals surface area contributed by atoms with E-state index < -0.39 is 6.10 Å². The van der Waals surface area contributed by atoms with Crippen LogP contribution in [-0.4, -0.2) is 19.3 Å². The summed E-state index contributed by atoms with van der Waals surface area (Å²) in [6, 6.07) is 1.76. The molecule has 0 radical (unpaired) electrons. The minimum absolute atomic E-state index is 0.518. The number of benzene rings is 1. The Morgan fingerprint density at radius 3 is 2.71 bits per heavy atom. The molecule has 0 saturated carbocycles. The van der Waals surface area contributed by atoms with Crippen LogP contribution in [0.15, 0.2) is 6.07 Å².